The first kappa shape index (κ1) is 20.8. The van der Waals surface area contributed by atoms with E-state index in [1.54, 1.807) is 35.2 Å². The third-order valence-corrected chi connectivity index (χ3v) is 5.25. The molecule has 1 unspecified atom stereocenters. The highest BCUT2D eigenvalue weighted by Crippen LogP contribution is 2.30. The Labute approximate surface area is 178 Å². The molecular weight excluding hydrogens is 411 g/mol. The van der Waals surface area contributed by atoms with Gasteiger partial charge in [0, 0.05) is 16.7 Å². The summed E-state index contributed by atoms with van der Waals surface area (Å²) < 4.78 is 0. The number of carbonyl (C=O) groups excluding carboxylic acids is 1. The van der Waals surface area contributed by atoms with Crippen molar-refractivity contribution in [3.63, 3.8) is 0 Å². The Morgan fingerprint density at radius 1 is 1.03 bits per heavy atom. The van der Waals surface area contributed by atoms with Crippen LogP contribution >= 0.6 is 23.2 Å². The van der Waals surface area contributed by atoms with Crippen molar-refractivity contribution in [1.29, 1.82) is 0 Å². The van der Waals surface area contributed by atoms with Crippen LogP contribution in [0.25, 0.3) is 0 Å². The topological polar surface area (TPSA) is 63.4 Å². The summed E-state index contributed by atoms with van der Waals surface area (Å²) in [6.45, 7) is 1.94. The van der Waals surface area contributed by atoms with Crippen molar-refractivity contribution in [3.8, 4) is 0 Å². The summed E-state index contributed by atoms with van der Waals surface area (Å²) in [7, 11) is 0. The zero-order valence-corrected chi connectivity index (χ0v) is 17.1. The number of carbonyl (C=O) groups is 1. The number of para-hydroxylation sites is 1. The van der Waals surface area contributed by atoms with Crippen molar-refractivity contribution >= 4 is 34.8 Å². The summed E-state index contributed by atoms with van der Waals surface area (Å²) in [5.74, 6) is -0.332. The van der Waals surface area contributed by atoms with Crippen molar-refractivity contribution < 1.29 is 9.72 Å². The average Bonchev–Trinajstić information content (AvgIpc) is 2.72. The van der Waals surface area contributed by atoms with Gasteiger partial charge in [-0.25, -0.2) is 0 Å². The zero-order chi connectivity index (χ0) is 21.0. The van der Waals surface area contributed by atoms with Crippen LogP contribution in [0.2, 0.25) is 10.0 Å². The summed E-state index contributed by atoms with van der Waals surface area (Å²) in [6, 6.07) is 20.2. The van der Waals surface area contributed by atoms with Crippen molar-refractivity contribution in [1.82, 2.24) is 4.90 Å². The molecule has 0 saturated heterocycles. The standard InChI is InChI=1S/C22H18Cl2N2O3/c1-15(16-7-3-2-4-8-16)25(14-17-9-5-6-10-21(17)26(28)29)22(27)19-12-11-18(23)13-20(19)24/h2-13,15H,14H2,1H3. The number of amides is 1. The Kier molecular flexibility index (Phi) is 6.52. The fraction of sp³-hybridized carbons (Fsp3) is 0.136. The predicted octanol–water partition coefficient (Wildman–Crippen LogP) is 6.31. The van der Waals surface area contributed by atoms with E-state index in [9.17, 15) is 14.9 Å². The molecule has 0 fully saturated rings. The maximum absolute atomic E-state index is 13.4. The Morgan fingerprint density at radius 2 is 1.69 bits per heavy atom. The Hall–Kier alpha value is -2.89. The second-order valence-electron chi connectivity index (χ2n) is 6.53. The monoisotopic (exact) mass is 428 g/mol. The molecule has 0 bridgehead atoms. The number of nitro benzene ring substituents is 1. The first-order valence-electron chi connectivity index (χ1n) is 8.91. The summed E-state index contributed by atoms with van der Waals surface area (Å²) in [6.07, 6.45) is 0. The summed E-state index contributed by atoms with van der Waals surface area (Å²) in [5, 5.41) is 12.1. The predicted molar refractivity (Wildman–Crippen MR) is 114 cm³/mol. The normalized spacial score (nSPS) is 11.7. The van der Waals surface area contributed by atoms with E-state index in [0.717, 1.165) is 5.56 Å². The highest BCUT2D eigenvalue weighted by molar-refractivity contribution is 6.36. The Balaban J connectivity index is 2.05. The van der Waals surface area contributed by atoms with Gasteiger partial charge in [0.2, 0.25) is 0 Å². The molecule has 0 heterocycles. The van der Waals surface area contributed by atoms with Crippen LogP contribution in [0.5, 0.6) is 0 Å². The van der Waals surface area contributed by atoms with Crippen molar-refractivity contribution in [2.45, 2.75) is 19.5 Å². The second kappa shape index (κ2) is 9.07. The van der Waals surface area contributed by atoms with Gasteiger partial charge in [-0.3, -0.25) is 14.9 Å². The fourth-order valence-electron chi connectivity index (χ4n) is 3.12. The van der Waals surface area contributed by atoms with E-state index in [0.29, 0.717) is 10.6 Å². The zero-order valence-electron chi connectivity index (χ0n) is 15.6. The lowest BCUT2D eigenvalue weighted by Gasteiger charge is -2.30. The highest BCUT2D eigenvalue weighted by Gasteiger charge is 2.27. The van der Waals surface area contributed by atoms with Gasteiger partial charge in [-0.15, -0.1) is 0 Å². The number of nitrogens with zero attached hydrogens (tertiary/aromatic N) is 2. The third kappa shape index (κ3) is 4.75. The van der Waals surface area contributed by atoms with Crippen LogP contribution in [0.1, 0.15) is 34.5 Å². The number of nitro groups is 1. The van der Waals surface area contributed by atoms with Crippen molar-refractivity contribution in [3.05, 3.63) is 110 Å². The van der Waals surface area contributed by atoms with Gasteiger partial charge in [-0.05, 0) is 30.7 Å². The molecule has 0 saturated carbocycles. The minimum atomic E-state index is -0.444. The molecule has 0 spiro atoms. The number of rotatable bonds is 6. The Bertz CT molecular complexity index is 1040. The molecule has 0 aliphatic carbocycles. The van der Waals surface area contributed by atoms with E-state index >= 15 is 0 Å². The van der Waals surface area contributed by atoms with Crippen molar-refractivity contribution in [2.24, 2.45) is 0 Å². The molecule has 0 aliphatic heterocycles. The molecule has 0 aliphatic rings. The third-order valence-electron chi connectivity index (χ3n) is 4.70. The quantitative estimate of drug-likeness (QED) is 0.341. The number of hydrogen-bond donors (Lipinski definition) is 0. The van der Waals surface area contributed by atoms with E-state index in [-0.39, 0.29) is 34.8 Å². The summed E-state index contributed by atoms with van der Waals surface area (Å²) in [4.78, 5) is 26.0. The van der Waals surface area contributed by atoms with Gasteiger partial charge >= 0.3 is 0 Å². The van der Waals surface area contributed by atoms with Crippen LogP contribution in [0, 0.1) is 10.1 Å². The first-order chi connectivity index (χ1) is 13.9. The smallest absolute Gasteiger partial charge is 0.274 e. The van der Waals surface area contributed by atoms with E-state index in [1.807, 2.05) is 37.3 Å². The molecule has 3 rings (SSSR count). The summed E-state index contributed by atoms with van der Waals surface area (Å²) >= 11 is 12.2. The Morgan fingerprint density at radius 3 is 2.34 bits per heavy atom. The second-order valence-corrected chi connectivity index (χ2v) is 7.37. The maximum Gasteiger partial charge on any atom is 0.274 e. The lowest BCUT2D eigenvalue weighted by molar-refractivity contribution is -0.385. The lowest BCUT2D eigenvalue weighted by atomic mass is 10.0. The van der Waals surface area contributed by atoms with E-state index < -0.39 is 4.92 Å². The number of hydrogen-bond acceptors (Lipinski definition) is 3. The van der Waals surface area contributed by atoms with Gasteiger partial charge in [-0.1, -0.05) is 71.7 Å². The van der Waals surface area contributed by atoms with Crippen molar-refractivity contribution in [2.75, 3.05) is 0 Å². The molecule has 5 nitrogen and oxygen atoms in total. The van der Waals surface area contributed by atoms with Gasteiger partial charge in [0.25, 0.3) is 11.6 Å². The van der Waals surface area contributed by atoms with E-state index in [4.69, 9.17) is 23.2 Å². The number of benzene rings is 3. The number of halogens is 2. The fourth-order valence-corrected chi connectivity index (χ4v) is 3.61. The van der Waals surface area contributed by atoms with E-state index in [1.165, 1.54) is 12.1 Å². The van der Waals surface area contributed by atoms with Gasteiger partial charge in [0.15, 0.2) is 0 Å². The molecule has 1 amide bonds. The first-order valence-corrected chi connectivity index (χ1v) is 9.67. The van der Waals surface area contributed by atoms with Crippen LogP contribution < -0.4 is 0 Å². The van der Waals surface area contributed by atoms with Crippen LogP contribution in [0.4, 0.5) is 5.69 Å². The highest BCUT2D eigenvalue weighted by atomic mass is 35.5. The average molecular weight is 429 g/mol. The largest absolute Gasteiger partial charge is 0.327 e. The molecule has 29 heavy (non-hydrogen) atoms. The van der Waals surface area contributed by atoms with Crippen LogP contribution in [0.15, 0.2) is 72.8 Å². The van der Waals surface area contributed by atoms with Crippen LogP contribution in [0.3, 0.4) is 0 Å². The maximum atomic E-state index is 13.4. The summed E-state index contributed by atoms with van der Waals surface area (Å²) in [5.41, 5.74) is 1.61. The van der Waals surface area contributed by atoms with Gasteiger partial charge < -0.3 is 4.90 Å². The minimum absolute atomic E-state index is 0.0345. The molecule has 1 atom stereocenters. The molecule has 0 aromatic heterocycles. The van der Waals surface area contributed by atoms with Gasteiger partial charge in [-0.2, -0.15) is 0 Å². The molecule has 7 heteroatoms. The minimum Gasteiger partial charge on any atom is -0.327 e. The molecule has 3 aromatic rings. The van der Waals surface area contributed by atoms with Gasteiger partial charge in [0.1, 0.15) is 0 Å². The van der Waals surface area contributed by atoms with Gasteiger partial charge in [0.05, 0.1) is 28.1 Å². The van der Waals surface area contributed by atoms with Crippen LogP contribution in [-0.2, 0) is 6.54 Å². The molecule has 148 valence electrons. The van der Waals surface area contributed by atoms with E-state index in [2.05, 4.69) is 0 Å². The molecular formula is C22H18Cl2N2O3. The molecule has 3 aromatic carbocycles. The van der Waals surface area contributed by atoms with Crippen LogP contribution in [-0.4, -0.2) is 15.7 Å². The lowest BCUT2D eigenvalue weighted by Crippen LogP contribution is -2.33. The molecule has 0 radical (unpaired) electrons. The molecule has 0 N–H and O–H groups in total. The SMILES string of the molecule is CC(c1ccccc1)N(Cc1ccccc1[N+](=O)[O-])C(=O)c1ccc(Cl)cc1Cl.